The number of urea groups is 1. The molecule has 3 atom stereocenters. The molecule has 2 aliphatic heterocycles. The molecule has 3 heterocycles. The summed E-state index contributed by atoms with van der Waals surface area (Å²) >= 11 is 0. The van der Waals surface area contributed by atoms with Gasteiger partial charge in [-0.3, -0.25) is 4.98 Å². The third kappa shape index (κ3) is 2.64. The normalized spacial score (nSPS) is 25.1. The summed E-state index contributed by atoms with van der Waals surface area (Å²) < 4.78 is 13.4. The van der Waals surface area contributed by atoms with Crippen molar-refractivity contribution < 1.29 is 9.18 Å². The molecule has 2 aromatic rings. The Labute approximate surface area is 140 Å². The molecule has 0 saturated carbocycles. The van der Waals surface area contributed by atoms with Crippen LogP contribution in [0.15, 0.2) is 42.6 Å². The van der Waals surface area contributed by atoms with E-state index in [9.17, 15) is 9.18 Å². The van der Waals surface area contributed by atoms with Crippen molar-refractivity contribution in [1.82, 2.24) is 9.88 Å². The van der Waals surface area contributed by atoms with Crippen molar-refractivity contribution in [2.45, 2.75) is 44.4 Å². The van der Waals surface area contributed by atoms with Crippen molar-refractivity contribution in [3.63, 3.8) is 0 Å². The topological polar surface area (TPSA) is 45.2 Å². The van der Waals surface area contributed by atoms with Crippen molar-refractivity contribution in [1.29, 1.82) is 0 Å². The smallest absolute Gasteiger partial charge is 0.318 e. The highest BCUT2D eigenvalue weighted by Gasteiger charge is 2.48. The van der Waals surface area contributed by atoms with Crippen LogP contribution >= 0.6 is 0 Å². The van der Waals surface area contributed by atoms with Gasteiger partial charge in [-0.05, 0) is 56.0 Å². The lowest BCUT2D eigenvalue weighted by Crippen LogP contribution is -2.64. The number of carbonyl (C=O) groups is 1. The first-order valence-corrected chi connectivity index (χ1v) is 8.37. The average Bonchev–Trinajstić information content (AvgIpc) is 2.57. The predicted molar refractivity (Wildman–Crippen MR) is 91.6 cm³/mol. The van der Waals surface area contributed by atoms with E-state index in [4.69, 9.17) is 0 Å². The molecule has 2 amide bonds. The van der Waals surface area contributed by atoms with E-state index in [1.54, 1.807) is 11.1 Å². The van der Waals surface area contributed by atoms with Crippen LogP contribution in [0.1, 0.15) is 24.8 Å². The van der Waals surface area contributed by atoms with E-state index < -0.39 is 6.17 Å². The van der Waals surface area contributed by atoms with Gasteiger partial charge in [0.05, 0.1) is 5.69 Å². The molecule has 1 N–H and O–H groups in total. The van der Waals surface area contributed by atoms with Crippen LogP contribution in [0.4, 0.5) is 14.9 Å². The van der Waals surface area contributed by atoms with Crippen LogP contribution in [-0.2, 0) is 0 Å². The third-order valence-corrected chi connectivity index (χ3v) is 5.05. The molecular weight excluding hydrogens is 305 g/mol. The van der Waals surface area contributed by atoms with Crippen molar-refractivity contribution in [2.75, 3.05) is 5.32 Å². The van der Waals surface area contributed by atoms with Crippen LogP contribution in [0.25, 0.3) is 11.3 Å². The third-order valence-electron chi connectivity index (χ3n) is 5.05. The van der Waals surface area contributed by atoms with E-state index in [1.165, 1.54) is 0 Å². The number of aryl methyl sites for hydroxylation is 1. The number of fused-ring (bicyclic) bond motifs is 2. The molecule has 1 aromatic heterocycles. The number of anilines is 1. The molecule has 5 heteroatoms. The van der Waals surface area contributed by atoms with Gasteiger partial charge in [0.25, 0.3) is 0 Å². The van der Waals surface area contributed by atoms with Gasteiger partial charge in [0, 0.05) is 29.5 Å². The summed E-state index contributed by atoms with van der Waals surface area (Å²) in [7, 11) is 0. The molecule has 4 rings (SSSR count). The number of amides is 2. The zero-order valence-electron chi connectivity index (χ0n) is 13.6. The first kappa shape index (κ1) is 15.1. The lowest BCUT2D eigenvalue weighted by molar-refractivity contribution is -0.0202. The standard InChI is InChI=1S/C19H20FN3O/c1-12-5-6-14(10-17(12)18-4-2-3-7-21-18)22-19(24)23-15-8-13(20)9-16(23)11-15/h2-7,10,13,15-16H,8-9,11H2,1H3,(H,22,24)/t13-,15-,16?/m1/s1. The van der Waals surface area contributed by atoms with Crippen molar-refractivity contribution >= 4 is 11.7 Å². The Morgan fingerprint density at radius 3 is 2.71 bits per heavy atom. The van der Waals surface area contributed by atoms with Crippen LogP contribution in [-0.4, -0.2) is 34.2 Å². The Hall–Kier alpha value is -2.43. The van der Waals surface area contributed by atoms with E-state index in [1.807, 2.05) is 43.3 Å². The fourth-order valence-electron chi connectivity index (χ4n) is 3.83. The molecule has 2 aliphatic rings. The number of rotatable bonds is 2. The summed E-state index contributed by atoms with van der Waals surface area (Å²) in [5.41, 5.74) is 3.73. The molecule has 2 saturated heterocycles. The summed E-state index contributed by atoms with van der Waals surface area (Å²) in [6.07, 6.45) is 2.87. The Balaban J connectivity index is 1.52. The first-order valence-electron chi connectivity index (χ1n) is 8.37. The monoisotopic (exact) mass is 325 g/mol. The number of nitrogens with zero attached hydrogens (tertiary/aromatic N) is 2. The van der Waals surface area contributed by atoms with Gasteiger partial charge in [-0.1, -0.05) is 12.1 Å². The Morgan fingerprint density at radius 1 is 1.21 bits per heavy atom. The van der Waals surface area contributed by atoms with Gasteiger partial charge in [-0.25, -0.2) is 9.18 Å². The molecule has 2 bridgehead atoms. The maximum absolute atomic E-state index is 13.4. The van der Waals surface area contributed by atoms with Crippen LogP contribution in [0, 0.1) is 6.92 Å². The van der Waals surface area contributed by atoms with E-state index in [0.717, 1.165) is 28.9 Å². The number of aromatic nitrogens is 1. The number of nitrogens with one attached hydrogen (secondary N) is 1. The van der Waals surface area contributed by atoms with Crippen molar-refractivity contribution in [3.8, 4) is 11.3 Å². The molecule has 2 fully saturated rings. The number of carbonyl (C=O) groups excluding carboxylic acids is 1. The van der Waals surface area contributed by atoms with Crippen molar-refractivity contribution in [3.05, 3.63) is 48.2 Å². The highest BCUT2D eigenvalue weighted by molar-refractivity contribution is 5.91. The number of benzene rings is 1. The number of pyridine rings is 1. The Bertz CT molecular complexity index is 752. The zero-order valence-corrected chi connectivity index (χ0v) is 13.6. The lowest BCUT2D eigenvalue weighted by Gasteiger charge is -2.53. The first-order chi connectivity index (χ1) is 11.6. The summed E-state index contributed by atoms with van der Waals surface area (Å²) in [5.74, 6) is 0. The second kappa shape index (κ2) is 5.89. The lowest BCUT2D eigenvalue weighted by atomic mass is 9.79. The highest BCUT2D eigenvalue weighted by atomic mass is 19.1. The molecule has 0 radical (unpaired) electrons. The van der Waals surface area contributed by atoms with Gasteiger partial charge in [0.1, 0.15) is 6.17 Å². The number of hydrogen-bond acceptors (Lipinski definition) is 2. The molecule has 0 aliphatic carbocycles. The fourth-order valence-corrected chi connectivity index (χ4v) is 3.83. The van der Waals surface area contributed by atoms with Gasteiger partial charge in [0.15, 0.2) is 0 Å². The summed E-state index contributed by atoms with van der Waals surface area (Å²) in [5, 5.41) is 2.96. The van der Waals surface area contributed by atoms with E-state index in [2.05, 4.69) is 10.3 Å². The number of alkyl halides is 1. The SMILES string of the molecule is Cc1ccc(NC(=O)N2C3C[C@H](F)C[C@@H]2C3)cc1-c1ccccn1. The molecule has 124 valence electrons. The quantitative estimate of drug-likeness (QED) is 0.901. The van der Waals surface area contributed by atoms with Crippen LogP contribution in [0.3, 0.4) is 0 Å². The van der Waals surface area contributed by atoms with Gasteiger partial charge in [-0.2, -0.15) is 0 Å². The molecular formula is C19H20FN3O. The Kier molecular flexibility index (Phi) is 3.71. The highest BCUT2D eigenvalue weighted by Crippen LogP contribution is 2.40. The second-order valence-electron chi connectivity index (χ2n) is 6.69. The van der Waals surface area contributed by atoms with Crippen LogP contribution < -0.4 is 5.32 Å². The predicted octanol–water partition coefficient (Wildman–Crippen LogP) is 4.16. The summed E-state index contributed by atoms with van der Waals surface area (Å²) in [6.45, 7) is 2.02. The fraction of sp³-hybridized carbons (Fsp3) is 0.368. The number of piperidine rings is 1. The average molecular weight is 325 g/mol. The van der Waals surface area contributed by atoms with Crippen LogP contribution in [0.5, 0.6) is 0 Å². The maximum Gasteiger partial charge on any atom is 0.322 e. The van der Waals surface area contributed by atoms with E-state index in [-0.39, 0.29) is 18.1 Å². The summed E-state index contributed by atoms with van der Waals surface area (Å²) in [4.78, 5) is 18.7. The second-order valence-corrected chi connectivity index (χ2v) is 6.69. The number of hydrogen-bond donors (Lipinski definition) is 1. The molecule has 4 nitrogen and oxygen atoms in total. The molecule has 1 aromatic carbocycles. The minimum absolute atomic E-state index is 0.0551. The van der Waals surface area contributed by atoms with Gasteiger partial charge in [0.2, 0.25) is 0 Å². The van der Waals surface area contributed by atoms with Crippen molar-refractivity contribution in [2.24, 2.45) is 0 Å². The minimum Gasteiger partial charge on any atom is -0.318 e. The Morgan fingerprint density at radius 2 is 2.00 bits per heavy atom. The number of halogens is 1. The maximum atomic E-state index is 13.4. The van der Waals surface area contributed by atoms with Crippen LogP contribution in [0.2, 0.25) is 0 Å². The van der Waals surface area contributed by atoms with Gasteiger partial charge >= 0.3 is 6.03 Å². The zero-order chi connectivity index (χ0) is 16.7. The van der Waals surface area contributed by atoms with E-state index >= 15 is 0 Å². The largest absolute Gasteiger partial charge is 0.322 e. The molecule has 24 heavy (non-hydrogen) atoms. The molecule has 1 unspecified atom stereocenters. The molecule has 0 spiro atoms. The van der Waals surface area contributed by atoms with Gasteiger partial charge in [-0.15, -0.1) is 0 Å². The minimum atomic E-state index is -0.757. The van der Waals surface area contributed by atoms with Gasteiger partial charge < -0.3 is 10.2 Å². The van der Waals surface area contributed by atoms with E-state index in [0.29, 0.717) is 12.8 Å². The summed E-state index contributed by atoms with van der Waals surface area (Å²) in [6, 6.07) is 11.6.